The van der Waals surface area contributed by atoms with Crippen LogP contribution in [0.5, 0.6) is 0 Å². The molecule has 2 aromatic heterocycles. The predicted octanol–water partition coefficient (Wildman–Crippen LogP) is 0.989. The molecule has 0 aromatic carbocycles. The highest BCUT2D eigenvalue weighted by Crippen LogP contribution is 2.11. The van der Waals surface area contributed by atoms with Gasteiger partial charge in [0.2, 0.25) is 5.95 Å². The molecule has 0 saturated carbocycles. The predicted molar refractivity (Wildman–Crippen MR) is 83.2 cm³/mol. The molecular weight excluding hydrogens is 284 g/mol. The zero-order valence-electron chi connectivity index (χ0n) is 13.2. The third-order valence-electron chi connectivity index (χ3n) is 2.99. The number of hydrogen-bond donors (Lipinski definition) is 2. The lowest BCUT2D eigenvalue weighted by Crippen LogP contribution is -2.29. The second-order valence-electron chi connectivity index (χ2n) is 5.06. The molecule has 0 aliphatic rings. The molecule has 0 aliphatic carbocycles. The minimum atomic E-state index is -0.209. The minimum Gasteiger partial charge on any atom is -0.363 e. The first kappa shape index (κ1) is 15.7. The second-order valence-corrected chi connectivity index (χ2v) is 5.06. The standard InChI is InChI=1S/C14H20N6O2/c1-9-7-12(20(3)4)19-14(18-9)16-6-5-15-13(21)11-8-17-22-10(11)2/h7-8H,5-6H2,1-4H3,(H,15,21)(H,16,18,19). The van der Waals surface area contributed by atoms with Crippen LogP contribution in [0.4, 0.5) is 11.8 Å². The highest BCUT2D eigenvalue weighted by molar-refractivity contribution is 5.94. The van der Waals surface area contributed by atoms with Gasteiger partial charge in [-0.3, -0.25) is 4.79 Å². The highest BCUT2D eigenvalue weighted by Gasteiger charge is 2.11. The number of amides is 1. The van der Waals surface area contributed by atoms with Gasteiger partial charge in [-0.15, -0.1) is 0 Å². The first-order valence-corrected chi connectivity index (χ1v) is 6.93. The average Bonchev–Trinajstić information content (AvgIpc) is 2.89. The fourth-order valence-electron chi connectivity index (χ4n) is 1.82. The van der Waals surface area contributed by atoms with E-state index in [0.29, 0.717) is 30.4 Å². The minimum absolute atomic E-state index is 0.209. The molecule has 22 heavy (non-hydrogen) atoms. The van der Waals surface area contributed by atoms with Gasteiger partial charge in [-0.25, -0.2) is 4.98 Å². The van der Waals surface area contributed by atoms with Crippen LogP contribution in [-0.2, 0) is 0 Å². The number of carbonyl (C=O) groups is 1. The molecule has 8 nitrogen and oxygen atoms in total. The fourth-order valence-corrected chi connectivity index (χ4v) is 1.82. The number of aryl methyl sites for hydroxylation is 2. The normalized spacial score (nSPS) is 10.4. The summed E-state index contributed by atoms with van der Waals surface area (Å²) >= 11 is 0. The Hall–Kier alpha value is -2.64. The van der Waals surface area contributed by atoms with E-state index < -0.39 is 0 Å². The lowest BCUT2D eigenvalue weighted by atomic mass is 10.2. The van der Waals surface area contributed by atoms with Crippen molar-refractivity contribution in [2.75, 3.05) is 37.4 Å². The second kappa shape index (κ2) is 6.88. The van der Waals surface area contributed by atoms with Crippen LogP contribution in [0.15, 0.2) is 16.8 Å². The van der Waals surface area contributed by atoms with Crippen LogP contribution >= 0.6 is 0 Å². The molecular formula is C14H20N6O2. The monoisotopic (exact) mass is 304 g/mol. The Balaban J connectivity index is 1.84. The van der Waals surface area contributed by atoms with Gasteiger partial charge >= 0.3 is 0 Å². The Morgan fingerprint density at radius 3 is 2.68 bits per heavy atom. The summed E-state index contributed by atoms with van der Waals surface area (Å²) in [5.74, 6) is 1.67. The van der Waals surface area contributed by atoms with Gasteiger partial charge in [0, 0.05) is 38.9 Å². The molecule has 1 amide bonds. The van der Waals surface area contributed by atoms with Gasteiger partial charge in [0.25, 0.3) is 5.91 Å². The van der Waals surface area contributed by atoms with Crippen molar-refractivity contribution in [3.63, 3.8) is 0 Å². The van der Waals surface area contributed by atoms with Crippen molar-refractivity contribution in [2.24, 2.45) is 0 Å². The van der Waals surface area contributed by atoms with E-state index >= 15 is 0 Å². The summed E-state index contributed by atoms with van der Waals surface area (Å²) in [6.45, 7) is 4.57. The van der Waals surface area contributed by atoms with E-state index in [9.17, 15) is 4.79 Å². The van der Waals surface area contributed by atoms with Crippen molar-refractivity contribution in [1.29, 1.82) is 0 Å². The Bertz CT molecular complexity index is 653. The van der Waals surface area contributed by atoms with Gasteiger partial charge < -0.3 is 20.1 Å². The highest BCUT2D eigenvalue weighted by atomic mass is 16.5. The molecule has 0 saturated heterocycles. The summed E-state index contributed by atoms with van der Waals surface area (Å²) in [6.07, 6.45) is 1.41. The van der Waals surface area contributed by atoms with Crippen LogP contribution < -0.4 is 15.5 Å². The lowest BCUT2D eigenvalue weighted by Gasteiger charge is -2.13. The Labute approximate surface area is 128 Å². The summed E-state index contributed by atoms with van der Waals surface area (Å²) in [5.41, 5.74) is 1.33. The van der Waals surface area contributed by atoms with Gasteiger partial charge in [-0.1, -0.05) is 5.16 Å². The van der Waals surface area contributed by atoms with Crippen LogP contribution in [-0.4, -0.2) is 48.2 Å². The van der Waals surface area contributed by atoms with Crippen LogP contribution in [0.25, 0.3) is 0 Å². The summed E-state index contributed by atoms with van der Waals surface area (Å²) in [5, 5.41) is 9.45. The molecule has 2 aromatic rings. The quantitative estimate of drug-likeness (QED) is 0.768. The SMILES string of the molecule is Cc1cc(N(C)C)nc(NCCNC(=O)c2cnoc2C)n1. The molecule has 2 heterocycles. The maximum atomic E-state index is 11.9. The van der Waals surface area contributed by atoms with E-state index in [-0.39, 0.29) is 5.91 Å². The summed E-state index contributed by atoms with van der Waals surface area (Å²) in [4.78, 5) is 22.5. The van der Waals surface area contributed by atoms with E-state index in [1.165, 1.54) is 6.20 Å². The lowest BCUT2D eigenvalue weighted by molar-refractivity contribution is 0.0953. The maximum Gasteiger partial charge on any atom is 0.256 e. The van der Waals surface area contributed by atoms with Gasteiger partial charge in [0.15, 0.2) is 0 Å². The van der Waals surface area contributed by atoms with Crippen LogP contribution in [0.3, 0.4) is 0 Å². The first-order valence-electron chi connectivity index (χ1n) is 6.93. The zero-order chi connectivity index (χ0) is 16.1. The van der Waals surface area contributed by atoms with E-state index in [0.717, 1.165) is 11.5 Å². The Kier molecular flexibility index (Phi) is 4.92. The van der Waals surface area contributed by atoms with Crippen LogP contribution in [0, 0.1) is 13.8 Å². The molecule has 0 atom stereocenters. The molecule has 118 valence electrons. The van der Waals surface area contributed by atoms with Crippen molar-refractivity contribution in [2.45, 2.75) is 13.8 Å². The van der Waals surface area contributed by atoms with Crippen LogP contribution in [0.2, 0.25) is 0 Å². The van der Waals surface area contributed by atoms with Crippen molar-refractivity contribution in [3.05, 3.63) is 29.3 Å². The van der Waals surface area contributed by atoms with Crippen LogP contribution in [0.1, 0.15) is 21.8 Å². The molecule has 0 unspecified atom stereocenters. The smallest absolute Gasteiger partial charge is 0.256 e. The topological polar surface area (TPSA) is 96.2 Å². The van der Waals surface area contributed by atoms with Crippen molar-refractivity contribution in [1.82, 2.24) is 20.4 Å². The number of rotatable bonds is 6. The molecule has 0 bridgehead atoms. The van der Waals surface area contributed by atoms with Gasteiger partial charge in [0.05, 0.1) is 6.20 Å². The summed E-state index contributed by atoms with van der Waals surface area (Å²) in [7, 11) is 3.85. The first-order chi connectivity index (χ1) is 10.5. The van der Waals surface area contributed by atoms with Gasteiger partial charge in [0.1, 0.15) is 17.1 Å². The molecule has 0 fully saturated rings. The zero-order valence-corrected chi connectivity index (χ0v) is 13.2. The summed E-state index contributed by atoms with van der Waals surface area (Å²) in [6, 6.07) is 1.90. The van der Waals surface area contributed by atoms with E-state index in [4.69, 9.17) is 4.52 Å². The molecule has 0 spiro atoms. The fraction of sp³-hybridized carbons (Fsp3) is 0.429. The Morgan fingerprint density at radius 1 is 1.27 bits per heavy atom. The van der Waals surface area contributed by atoms with Crippen molar-refractivity contribution >= 4 is 17.7 Å². The van der Waals surface area contributed by atoms with E-state index in [1.807, 2.05) is 32.0 Å². The van der Waals surface area contributed by atoms with Crippen molar-refractivity contribution in [3.8, 4) is 0 Å². The molecule has 2 rings (SSSR count). The molecule has 8 heteroatoms. The third-order valence-corrected chi connectivity index (χ3v) is 2.99. The third kappa shape index (κ3) is 3.94. The van der Waals surface area contributed by atoms with Gasteiger partial charge in [-0.2, -0.15) is 4.98 Å². The number of nitrogens with zero attached hydrogens (tertiary/aromatic N) is 4. The number of nitrogens with one attached hydrogen (secondary N) is 2. The molecule has 2 N–H and O–H groups in total. The number of carbonyl (C=O) groups excluding carboxylic acids is 1. The average molecular weight is 304 g/mol. The maximum absolute atomic E-state index is 11.9. The number of anilines is 2. The van der Waals surface area contributed by atoms with Gasteiger partial charge in [-0.05, 0) is 13.8 Å². The number of aromatic nitrogens is 3. The summed E-state index contributed by atoms with van der Waals surface area (Å²) < 4.78 is 4.86. The van der Waals surface area contributed by atoms with E-state index in [2.05, 4.69) is 25.8 Å². The van der Waals surface area contributed by atoms with E-state index in [1.54, 1.807) is 6.92 Å². The van der Waals surface area contributed by atoms with Crippen molar-refractivity contribution < 1.29 is 9.32 Å². The largest absolute Gasteiger partial charge is 0.363 e. The molecule has 0 radical (unpaired) electrons. The number of hydrogen-bond acceptors (Lipinski definition) is 7. The molecule has 0 aliphatic heterocycles. The Morgan fingerprint density at radius 2 is 2.05 bits per heavy atom.